The van der Waals surface area contributed by atoms with Crippen LogP contribution >= 0.6 is 34.5 Å². The monoisotopic (exact) mass is 497 g/mol. The van der Waals surface area contributed by atoms with Gasteiger partial charge in [-0.3, -0.25) is 14.2 Å². The van der Waals surface area contributed by atoms with Crippen molar-refractivity contribution in [3.63, 3.8) is 0 Å². The fourth-order valence-electron chi connectivity index (χ4n) is 4.33. The lowest BCUT2D eigenvalue weighted by Gasteiger charge is -2.17. The zero-order valence-electron chi connectivity index (χ0n) is 17.9. The third-order valence-electron chi connectivity index (χ3n) is 6.11. The van der Waals surface area contributed by atoms with E-state index in [0.717, 1.165) is 24.0 Å². The summed E-state index contributed by atoms with van der Waals surface area (Å²) in [5, 5.41) is 6.13. The molecule has 2 aromatic carbocycles. The highest BCUT2D eigenvalue weighted by atomic mass is 35.5. The summed E-state index contributed by atoms with van der Waals surface area (Å²) >= 11 is 13.5. The van der Waals surface area contributed by atoms with Crippen LogP contribution < -0.4 is 10.9 Å². The van der Waals surface area contributed by atoms with Crippen molar-refractivity contribution < 1.29 is 4.79 Å². The van der Waals surface area contributed by atoms with Crippen molar-refractivity contribution in [3.8, 4) is 11.1 Å². The Morgan fingerprint density at radius 3 is 2.58 bits per heavy atom. The second kappa shape index (κ2) is 8.93. The van der Waals surface area contributed by atoms with E-state index >= 15 is 0 Å². The number of aryl methyl sites for hydroxylation is 2. The van der Waals surface area contributed by atoms with Gasteiger partial charge in [0.05, 0.1) is 11.7 Å². The SMILES string of the molecule is C[C@H](C(=O)Nc1cc(Cl)cc(Cl)c1)n1cnc2scc(-c3ccc4c(c3)CCCC4)c2c1=O. The molecule has 0 aliphatic heterocycles. The molecule has 5 rings (SSSR count). The maximum Gasteiger partial charge on any atom is 0.263 e. The van der Waals surface area contributed by atoms with E-state index in [1.807, 2.05) is 5.38 Å². The number of nitrogens with one attached hydrogen (secondary N) is 1. The maximum absolute atomic E-state index is 13.5. The number of hydrogen-bond donors (Lipinski definition) is 1. The van der Waals surface area contributed by atoms with E-state index in [-0.39, 0.29) is 11.5 Å². The lowest BCUT2D eigenvalue weighted by atomic mass is 9.89. The Morgan fingerprint density at radius 2 is 1.82 bits per heavy atom. The molecule has 1 aliphatic carbocycles. The molecule has 0 saturated heterocycles. The molecule has 8 heteroatoms. The first-order chi connectivity index (χ1) is 15.9. The van der Waals surface area contributed by atoms with Crippen LogP contribution in [0, 0.1) is 0 Å². The third kappa shape index (κ3) is 4.31. The van der Waals surface area contributed by atoms with E-state index < -0.39 is 6.04 Å². The van der Waals surface area contributed by atoms with Crippen molar-refractivity contribution >= 4 is 56.3 Å². The van der Waals surface area contributed by atoms with Crippen molar-refractivity contribution in [2.24, 2.45) is 0 Å². The predicted octanol–water partition coefficient (Wildman–Crippen LogP) is 6.51. The molecular weight excluding hydrogens is 477 g/mol. The molecule has 4 aromatic rings. The summed E-state index contributed by atoms with van der Waals surface area (Å²) in [6.45, 7) is 1.67. The molecule has 0 saturated carbocycles. The molecule has 5 nitrogen and oxygen atoms in total. The lowest BCUT2D eigenvalue weighted by Crippen LogP contribution is -2.31. The van der Waals surface area contributed by atoms with E-state index in [1.165, 1.54) is 46.2 Å². The maximum atomic E-state index is 13.5. The molecule has 1 amide bonds. The minimum absolute atomic E-state index is 0.235. The quantitative estimate of drug-likeness (QED) is 0.349. The topological polar surface area (TPSA) is 64.0 Å². The fraction of sp³-hybridized carbons (Fsp3) is 0.240. The van der Waals surface area contributed by atoms with Crippen LogP contribution in [0.1, 0.15) is 36.9 Å². The first-order valence-corrected chi connectivity index (χ1v) is 12.4. The highest BCUT2D eigenvalue weighted by Crippen LogP contribution is 2.33. The summed E-state index contributed by atoms with van der Waals surface area (Å²) in [5.74, 6) is -0.359. The summed E-state index contributed by atoms with van der Waals surface area (Å²) in [4.78, 5) is 31.5. The molecule has 2 heterocycles. The lowest BCUT2D eigenvalue weighted by molar-refractivity contribution is -0.118. The second-order valence-corrected chi connectivity index (χ2v) is 10.0. The van der Waals surface area contributed by atoms with E-state index in [0.29, 0.717) is 25.9 Å². The molecule has 1 N–H and O–H groups in total. The Kier molecular flexibility index (Phi) is 5.99. The number of hydrogen-bond acceptors (Lipinski definition) is 4. The summed E-state index contributed by atoms with van der Waals surface area (Å²) in [6, 6.07) is 10.5. The highest BCUT2D eigenvalue weighted by molar-refractivity contribution is 7.17. The van der Waals surface area contributed by atoms with E-state index in [2.05, 4.69) is 28.5 Å². The number of carbonyl (C=O) groups is 1. The van der Waals surface area contributed by atoms with Gasteiger partial charge in [-0.2, -0.15) is 0 Å². The summed E-state index contributed by atoms with van der Waals surface area (Å²) in [7, 11) is 0. The van der Waals surface area contributed by atoms with Crippen molar-refractivity contribution in [3.05, 3.63) is 79.6 Å². The molecule has 33 heavy (non-hydrogen) atoms. The average molecular weight is 498 g/mol. The Balaban J connectivity index is 1.50. The van der Waals surface area contributed by atoms with Gasteiger partial charge in [0.15, 0.2) is 0 Å². The van der Waals surface area contributed by atoms with Crippen molar-refractivity contribution in [1.82, 2.24) is 9.55 Å². The van der Waals surface area contributed by atoms with Gasteiger partial charge in [-0.05, 0) is 67.5 Å². The number of fused-ring (bicyclic) bond motifs is 2. The fourth-order valence-corrected chi connectivity index (χ4v) is 5.77. The molecular formula is C25H21Cl2N3O2S. The number of thiophene rings is 1. The first kappa shape index (κ1) is 22.1. The van der Waals surface area contributed by atoms with E-state index in [1.54, 1.807) is 25.1 Å². The van der Waals surface area contributed by atoms with Crippen molar-refractivity contribution in [2.75, 3.05) is 5.32 Å². The molecule has 0 bridgehead atoms. The molecule has 1 atom stereocenters. The Morgan fingerprint density at radius 1 is 1.09 bits per heavy atom. The minimum Gasteiger partial charge on any atom is -0.324 e. The third-order valence-corrected chi connectivity index (χ3v) is 7.43. The van der Waals surface area contributed by atoms with Crippen LogP contribution in [0.2, 0.25) is 10.0 Å². The number of benzene rings is 2. The van der Waals surface area contributed by atoms with Crippen LogP contribution in [0.3, 0.4) is 0 Å². The number of rotatable bonds is 4. The predicted molar refractivity (Wildman–Crippen MR) is 136 cm³/mol. The molecule has 0 fully saturated rings. The highest BCUT2D eigenvalue weighted by Gasteiger charge is 2.21. The molecule has 0 radical (unpaired) electrons. The number of amides is 1. The van der Waals surface area contributed by atoms with E-state index in [9.17, 15) is 9.59 Å². The standard InChI is InChI=1S/C25H21Cl2N3O2S/c1-14(23(31)29-20-10-18(26)9-19(27)11-20)30-13-28-24-22(25(30)32)21(12-33-24)17-7-6-15-4-2-3-5-16(15)8-17/h6-14H,2-5H2,1H3,(H,29,31)/t14-/m1/s1. The van der Waals surface area contributed by atoms with Gasteiger partial charge < -0.3 is 5.32 Å². The van der Waals surface area contributed by atoms with Crippen LogP contribution in [0.15, 0.2) is 52.9 Å². The second-order valence-electron chi connectivity index (χ2n) is 8.30. The Bertz CT molecular complexity index is 1420. The normalized spacial score (nSPS) is 14.2. The molecule has 0 spiro atoms. The zero-order chi connectivity index (χ0) is 23.1. The average Bonchev–Trinajstić information content (AvgIpc) is 3.23. The van der Waals surface area contributed by atoms with Crippen LogP contribution in [0.25, 0.3) is 21.3 Å². The number of anilines is 1. The molecule has 168 valence electrons. The number of carbonyl (C=O) groups excluding carboxylic acids is 1. The minimum atomic E-state index is -0.775. The van der Waals surface area contributed by atoms with Gasteiger partial charge in [-0.15, -0.1) is 11.3 Å². The van der Waals surface area contributed by atoms with Gasteiger partial charge in [0.25, 0.3) is 5.56 Å². The van der Waals surface area contributed by atoms with Crippen LogP contribution in [-0.4, -0.2) is 15.5 Å². The first-order valence-electron chi connectivity index (χ1n) is 10.8. The summed E-state index contributed by atoms with van der Waals surface area (Å²) in [5.41, 5.74) is 4.87. The van der Waals surface area contributed by atoms with Crippen molar-refractivity contribution in [1.29, 1.82) is 0 Å². The zero-order valence-corrected chi connectivity index (χ0v) is 20.2. The molecule has 1 aliphatic rings. The summed E-state index contributed by atoms with van der Waals surface area (Å²) in [6.07, 6.45) is 6.04. The van der Waals surface area contributed by atoms with Crippen LogP contribution in [0.5, 0.6) is 0 Å². The van der Waals surface area contributed by atoms with Gasteiger partial charge in [-0.1, -0.05) is 41.4 Å². The smallest absolute Gasteiger partial charge is 0.263 e. The Labute approximate surface area is 205 Å². The number of aromatic nitrogens is 2. The van der Waals surface area contributed by atoms with Crippen LogP contribution in [0.4, 0.5) is 5.69 Å². The molecule has 2 aromatic heterocycles. The molecule has 0 unspecified atom stereocenters. The van der Waals surface area contributed by atoms with Gasteiger partial charge in [0, 0.05) is 26.7 Å². The van der Waals surface area contributed by atoms with Gasteiger partial charge in [0.2, 0.25) is 5.91 Å². The van der Waals surface area contributed by atoms with E-state index in [4.69, 9.17) is 23.2 Å². The van der Waals surface area contributed by atoms with Crippen LogP contribution in [-0.2, 0) is 17.6 Å². The van der Waals surface area contributed by atoms with Gasteiger partial charge in [0.1, 0.15) is 10.9 Å². The largest absolute Gasteiger partial charge is 0.324 e. The van der Waals surface area contributed by atoms with Crippen molar-refractivity contribution in [2.45, 2.75) is 38.6 Å². The van der Waals surface area contributed by atoms with Gasteiger partial charge in [-0.25, -0.2) is 4.98 Å². The number of halogens is 2. The van der Waals surface area contributed by atoms with Gasteiger partial charge >= 0.3 is 0 Å². The Hall–Kier alpha value is -2.67. The number of nitrogens with zero attached hydrogens (tertiary/aromatic N) is 2. The summed E-state index contributed by atoms with van der Waals surface area (Å²) < 4.78 is 1.37.